The number of hydrogen-bond donors (Lipinski definition) is 2. The van der Waals surface area contributed by atoms with Gasteiger partial charge in [0.1, 0.15) is 10.8 Å². The summed E-state index contributed by atoms with van der Waals surface area (Å²) in [5.41, 5.74) is 8.54. The molecule has 0 bridgehead atoms. The number of carbonyl (C=O) groups is 2. The molecule has 0 aliphatic heterocycles. The van der Waals surface area contributed by atoms with Crippen LogP contribution in [0.2, 0.25) is 0 Å². The van der Waals surface area contributed by atoms with Crippen molar-refractivity contribution in [2.24, 2.45) is 5.73 Å². The van der Waals surface area contributed by atoms with Gasteiger partial charge in [-0.2, -0.15) is 0 Å². The predicted molar refractivity (Wildman–Crippen MR) is 126 cm³/mol. The van der Waals surface area contributed by atoms with Crippen LogP contribution < -0.4 is 15.8 Å². The van der Waals surface area contributed by atoms with Crippen molar-refractivity contribution < 1.29 is 14.3 Å². The van der Waals surface area contributed by atoms with Crippen molar-refractivity contribution in [3.05, 3.63) is 71.6 Å². The number of anilines is 1. The maximum Gasteiger partial charge on any atom is 0.251 e. The van der Waals surface area contributed by atoms with Gasteiger partial charge in [0.2, 0.25) is 5.91 Å². The minimum atomic E-state index is -0.568. The lowest BCUT2D eigenvalue weighted by Gasteiger charge is -2.11. The average molecular weight is 450 g/mol. The Balaban J connectivity index is 1.60. The smallest absolute Gasteiger partial charge is 0.251 e. The molecule has 0 saturated carbocycles. The lowest BCUT2D eigenvalue weighted by atomic mass is 10.0. The number of pyridine rings is 1. The first kappa shape index (κ1) is 20.9. The number of thioether (sulfide) groups is 1. The number of rotatable bonds is 7. The lowest BCUT2D eigenvalue weighted by molar-refractivity contribution is -0.113. The number of nitrogens with zero attached hydrogens (tertiary/aromatic N) is 1. The second-order valence-corrected chi connectivity index (χ2v) is 8.53. The fraction of sp³-hybridized carbons (Fsp3) is 0.0870. The zero-order valence-electron chi connectivity index (χ0n) is 16.6. The number of amides is 2. The molecule has 0 spiro atoms. The fourth-order valence-electron chi connectivity index (χ4n) is 3.14. The molecule has 0 saturated heterocycles. The van der Waals surface area contributed by atoms with E-state index in [0.717, 1.165) is 32.8 Å². The molecule has 6 nitrogen and oxygen atoms in total. The molecule has 2 amide bonds. The predicted octanol–water partition coefficient (Wildman–Crippen LogP) is 4.80. The molecular weight excluding hydrogens is 430 g/mol. The van der Waals surface area contributed by atoms with E-state index in [4.69, 9.17) is 15.5 Å². The number of benzene rings is 2. The molecule has 2 aromatic heterocycles. The van der Waals surface area contributed by atoms with Crippen LogP contribution in [0.3, 0.4) is 0 Å². The third-order valence-electron chi connectivity index (χ3n) is 4.61. The zero-order valence-corrected chi connectivity index (χ0v) is 18.3. The van der Waals surface area contributed by atoms with Crippen LogP contribution in [0.25, 0.3) is 22.0 Å². The average Bonchev–Trinajstić information content (AvgIpc) is 3.25. The highest BCUT2D eigenvalue weighted by molar-refractivity contribution is 7.99. The third kappa shape index (κ3) is 4.70. The van der Waals surface area contributed by atoms with E-state index in [1.54, 1.807) is 18.6 Å². The number of methoxy groups -OCH3 is 1. The summed E-state index contributed by atoms with van der Waals surface area (Å²) in [5, 5.41) is 6.65. The molecule has 4 aromatic rings. The number of carbonyl (C=O) groups excluding carboxylic acids is 2. The Hall–Kier alpha value is -3.36. The minimum Gasteiger partial charge on any atom is -0.497 e. The van der Waals surface area contributed by atoms with E-state index in [2.05, 4.69) is 5.32 Å². The first-order valence-corrected chi connectivity index (χ1v) is 11.3. The highest BCUT2D eigenvalue weighted by Crippen LogP contribution is 2.33. The number of aromatic nitrogens is 1. The van der Waals surface area contributed by atoms with E-state index in [1.165, 1.54) is 23.1 Å². The number of primary amides is 1. The first-order valence-electron chi connectivity index (χ1n) is 9.39. The molecule has 0 atom stereocenters. The molecule has 0 fully saturated rings. The third-order valence-corrected chi connectivity index (χ3v) is 6.35. The summed E-state index contributed by atoms with van der Waals surface area (Å²) in [7, 11) is 1.62. The van der Waals surface area contributed by atoms with Crippen LogP contribution in [-0.2, 0) is 4.79 Å². The molecule has 156 valence electrons. The van der Waals surface area contributed by atoms with Crippen LogP contribution in [0.5, 0.6) is 5.75 Å². The molecule has 0 aliphatic rings. The van der Waals surface area contributed by atoms with Crippen LogP contribution >= 0.6 is 23.1 Å². The summed E-state index contributed by atoms with van der Waals surface area (Å²) in [6.07, 6.45) is 0. The largest absolute Gasteiger partial charge is 0.497 e. The van der Waals surface area contributed by atoms with Crippen molar-refractivity contribution in [2.75, 3.05) is 18.2 Å². The molecule has 2 heterocycles. The SMILES string of the molecule is COc1ccc2c(-c3ccccc3)cc(SCC(=O)Nc3sccc3C(N)=O)nc2c1. The van der Waals surface area contributed by atoms with Gasteiger partial charge in [0.15, 0.2) is 0 Å². The van der Waals surface area contributed by atoms with Gasteiger partial charge in [-0.05, 0) is 40.8 Å². The van der Waals surface area contributed by atoms with Gasteiger partial charge in [-0.3, -0.25) is 9.59 Å². The highest BCUT2D eigenvalue weighted by Gasteiger charge is 2.14. The van der Waals surface area contributed by atoms with Gasteiger partial charge in [-0.1, -0.05) is 42.1 Å². The van der Waals surface area contributed by atoms with Crippen molar-refractivity contribution in [1.29, 1.82) is 0 Å². The Morgan fingerprint density at radius 2 is 1.94 bits per heavy atom. The quantitative estimate of drug-likeness (QED) is 0.395. The zero-order chi connectivity index (χ0) is 21.8. The molecule has 8 heteroatoms. The summed E-state index contributed by atoms with van der Waals surface area (Å²) in [6.45, 7) is 0. The number of fused-ring (bicyclic) bond motifs is 1. The number of thiophene rings is 1. The summed E-state index contributed by atoms with van der Waals surface area (Å²) in [5.74, 6) is 0.0634. The second kappa shape index (κ2) is 9.20. The molecule has 31 heavy (non-hydrogen) atoms. The van der Waals surface area contributed by atoms with Crippen LogP contribution in [0.1, 0.15) is 10.4 Å². The monoisotopic (exact) mass is 449 g/mol. The molecule has 0 radical (unpaired) electrons. The fourth-order valence-corrected chi connectivity index (χ4v) is 4.67. The molecule has 0 unspecified atom stereocenters. The van der Waals surface area contributed by atoms with E-state index < -0.39 is 5.91 Å². The Labute approximate surface area is 187 Å². The minimum absolute atomic E-state index is 0.146. The molecular formula is C23H19N3O3S2. The van der Waals surface area contributed by atoms with Crippen LogP contribution in [0.15, 0.2) is 71.1 Å². The van der Waals surface area contributed by atoms with Crippen LogP contribution in [0.4, 0.5) is 5.00 Å². The van der Waals surface area contributed by atoms with Gasteiger partial charge >= 0.3 is 0 Å². The van der Waals surface area contributed by atoms with Gasteiger partial charge in [0.25, 0.3) is 5.91 Å². The van der Waals surface area contributed by atoms with Crippen molar-refractivity contribution in [2.45, 2.75) is 5.03 Å². The molecule has 0 aliphatic carbocycles. The second-order valence-electron chi connectivity index (χ2n) is 6.62. The number of nitrogens with one attached hydrogen (secondary N) is 1. The van der Waals surface area contributed by atoms with Crippen LogP contribution in [-0.4, -0.2) is 29.7 Å². The first-order chi connectivity index (χ1) is 15.0. The summed E-state index contributed by atoms with van der Waals surface area (Å²) < 4.78 is 5.35. The van der Waals surface area contributed by atoms with Gasteiger partial charge in [0, 0.05) is 11.5 Å². The van der Waals surface area contributed by atoms with Crippen molar-refractivity contribution in [3.63, 3.8) is 0 Å². The Morgan fingerprint density at radius 1 is 1.13 bits per heavy atom. The van der Waals surface area contributed by atoms with Gasteiger partial charge in [-0.25, -0.2) is 4.98 Å². The van der Waals surface area contributed by atoms with Crippen molar-refractivity contribution in [3.8, 4) is 16.9 Å². The maximum absolute atomic E-state index is 12.5. The molecule has 4 rings (SSSR count). The summed E-state index contributed by atoms with van der Waals surface area (Å²) in [4.78, 5) is 28.6. The standard InChI is InChI=1S/C23H19N3O3S2/c1-29-15-7-8-16-18(14-5-3-2-4-6-14)12-21(25-19(16)11-15)31-13-20(27)26-23-17(22(24)28)9-10-30-23/h2-12H,13H2,1H3,(H2,24,28)(H,26,27). The Kier molecular flexibility index (Phi) is 6.20. The van der Waals surface area contributed by atoms with Crippen molar-refractivity contribution >= 4 is 50.8 Å². The number of nitrogens with two attached hydrogens (primary N) is 1. The topological polar surface area (TPSA) is 94.3 Å². The van der Waals surface area contributed by atoms with E-state index in [9.17, 15) is 9.59 Å². The lowest BCUT2D eigenvalue weighted by Crippen LogP contribution is -2.17. The van der Waals surface area contributed by atoms with Gasteiger partial charge in [0.05, 0.1) is 29.0 Å². The highest BCUT2D eigenvalue weighted by atomic mass is 32.2. The van der Waals surface area contributed by atoms with Gasteiger partial charge < -0.3 is 15.8 Å². The summed E-state index contributed by atoms with van der Waals surface area (Å²) >= 11 is 2.59. The van der Waals surface area contributed by atoms with E-state index in [-0.39, 0.29) is 11.7 Å². The van der Waals surface area contributed by atoms with Gasteiger partial charge in [-0.15, -0.1) is 11.3 Å². The number of ether oxygens (including phenoxy) is 1. The van der Waals surface area contributed by atoms with E-state index in [1.807, 2.05) is 54.6 Å². The van der Waals surface area contributed by atoms with Crippen LogP contribution in [0, 0.1) is 0 Å². The number of hydrogen-bond acceptors (Lipinski definition) is 6. The van der Waals surface area contributed by atoms with E-state index >= 15 is 0 Å². The molecule has 3 N–H and O–H groups in total. The normalized spacial score (nSPS) is 10.7. The molecule has 2 aromatic carbocycles. The van der Waals surface area contributed by atoms with Crippen molar-refractivity contribution in [1.82, 2.24) is 4.98 Å². The Bertz CT molecular complexity index is 1260. The maximum atomic E-state index is 12.5. The van der Waals surface area contributed by atoms with E-state index in [0.29, 0.717) is 10.6 Å². The summed E-state index contributed by atoms with van der Waals surface area (Å²) in [6, 6.07) is 19.4. The Morgan fingerprint density at radius 3 is 2.68 bits per heavy atom.